The number of rotatable bonds is 4. The minimum absolute atomic E-state index is 0.0294. The topological polar surface area (TPSA) is 66.5 Å². The minimum Gasteiger partial charge on any atom is -0.368 e. The Morgan fingerprint density at radius 2 is 2.10 bits per heavy atom. The summed E-state index contributed by atoms with van der Waals surface area (Å²) in [6.07, 6.45) is 3.26. The van der Waals surface area contributed by atoms with E-state index in [1.165, 1.54) is 5.56 Å². The minimum atomic E-state index is -3.48. The van der Waals surface area contributed by atoms with Gasteiger partial charge in [0.05, 0.1) is 6.26 Å². The van der Waals surface area contributed by atoms with E-state index < -0.39 is 15.9 Å². The van der Waals surface area contributed by atoms with Gasteiger partial charge >= 0.3 is 0 Å². The highest BCUT2D eigenvalue weighted by molar-refractivity contribution is 7.89. The molecule has 110 valence electrons. The number of anilines is 1. The van der Waals surface area contributed by atoms with Crippen LogP contribution in [0.15, 0.2) is 24.3 Å². The number of carbonyl (C=O) groups is 1. The van der Waals surface area contributed by atoms with E-state index >= 15 is 0 Å². The average Bonchev–Trinajstić information content (AvgIpc) is 2.35. The first-order chi connectivity index (χ1) is 9.37. The van der Waals surface area contributed by atoms with Crippen molar-refractivity contribution in [2.45, 2.75) is 32.2 Å². The lowest BCUT2D eigenvalue weighted by molar-refractivity contribution is -0.119. The molecule has 0 saturated heterocycles. The molecular formula is C14H20N2O3S. The molecule has 20 heavy (non-hydrogen) atoms. The number of hydrogen-bond acceptors (Lipinski definition) is 4. The Kier molecular flexibility index (Phi) is 4.32. The number of aryl methyl sites for hydroxylation is 1. The zero-order valence-corrected chi connectivity index (χ0v) is 12.6. The molecule has 6 heteroatoms. The summed E-state index contributed by atoms with van der Waals surface area (Å²) in [4.78, 5) is 13.9. The van der Waals surface area contributed by atoms with Gasteiger partial charge in [-0.2, -0.15) is 0 Å². The Morgan fingerprint density at radius 3 is 2.80 bits per heavy atom. The van der Waals surface area contributed by atoms with Gasteiger partial charge in [0.2, 0.25) is 15.9 Å². The number of carbonyl (C=O) groups excluding carboxylic acids is 1. The molecule has 2 rings (SSSR count). The summed E-state index contributed by atoms with van der Waals surface area (Å²) in [6, 6.07) is 8.13. The predicted octanol–water partition coefficient (Wildman–Crippen LogP) is 1.29. The molecule has 1 aliphatic heterocycles. The highest BCUT2D eigenvalue weighted by atomic mass is 32.2. The molecule has 1 aromatic rings. The van der Waals surface area contributed by atoms with Gasteiger partial charge in [0.25, 0.3) is 0 Å². The molecule has 0 fully saturated rings. The van der Waals surface area contributed by atoms with Crippen LogP contribution in [0.2, 0.25) is 0 Å². The molecule has 1 unspecified atom stereocenters. The molecule has 0 bridgehead atoms. The van der Waals surface area contributed by atoms with Gasteiger partial charge in [-0.25, -0.2) is 8.42 Å². The second kappa shape index (κ2) is 5.83. The fourth-order valence-corrected chi connectivity index (χ4v) is 3.14. The Labute approximate surface area is 120 Å². The van der Waals surface area contributed by atoms with E-state index in [4.69, 9.17) is 0 Å². The van der Waals surface area contributed by atoms with Crippen LogP contribution in [-0.4, -0.2) is 33.2 Å². The quantitative estimate of drug-likeness (QED) is 0.909. The largest absolute Gasteiger partial charge is 0.368 e. The fourth-order valence-electron chi connectivity index (χ4n) is 2.65. The monoisotopic (exact) mass is 296 g/mol. The first-order valence-electron chi connectivity index (χ1n) is 6.72. The van der Waals surface area contributed by atoms with Gasteiger partial charge < -0.3 is 4.90 Å². The number of para-hydroxylation sites is 1. The van der Waals surface area contributed by atoms with Crippen LogP contribution < -0.4 is 9.62 Å². The lowest BCUT2D eigenvalue weighted by atomic mass is 9.99. The molecule has 1 heterocycles. The third kappa shape index (κ3) is 3.72. The van der Waals surface area contributed by atoms with E-state index in [2.05, 4.69) is 17.0 Å². The number of fused-ring (bicyclic) bond motifs is 1. The van der Waals surface area contributed by atoms with Crippen molar-refractivity contribution in [1.82, 2.24) is 4.72 Å². The third-order valence-corrected chi connectivity index (χ3v) is 4.06. The maximum atomic E-state index is 11.7. The molecule has 5 nitrogen and oxygen atoms in total. The van der Waals surface area contributed by atoms with Crippen LogP contribution in [0, 0.1) is 0 Å². The summed E-state index contributed by atoms with van der Waals surface area (Å²) in [6.45, 7) is 2.84. The van der Waals surface area contributed by atoms with Gasteiger partial charge in [-0.15, -0.1) is 0 Å². The van der Waals surface area contributed by atoms with E-state index in [1.807, 2.05) is 23.8 Å². The third-order valence-electron chi connectivity index (χ3n) is 3.46. The maximum absolute atomic E-state index is 11.7. The van der Waals surface area contributed by atoms with Gasteiger partial charge in [0, 0.05) is 24.7 Å². The average molecular weight is 296 g/mol. The first-order valence-corrected chi connectivity index (χ1v) is 8.61. The smallest absolute Gasteiger partial charge is 0.235 e. The summed E-state index contributed by atoms with van der Waals surface area (Å²) >= 11 is 0. The summed E-state index contributed by atoms with van der Waals surface area (Å²) < 4.78 is 24.1. The van der Waals surface area contributed by atoms with Crippen LogP contribution in [0.1, 0.15) is 25.3 Å². The zero-order valence-electron chi connectivity index (χ0n) is 11.8. The highest BCUT2D eigenvalue weighted by Crippen LogP contribution is 2.28. The number of nitrogens with one attached hydrogen (secondary N) is 1. The van der Waals surface area contributed by atoms with E-state index in [0.29, 0.717) is 0 Å². The Morgan fingerprint density at radius 1 is 1.40 bits per heavy atom. The van der Waals surface area contributed by atoms with Crippen molar-refractivity contribution in [3.8, 4) is 0 Å². The second-order valence-electron chi connectivity index (χ2n) is 5.28. The number of nitrogens with zero attached hydrogens (tertiary/aromatic N) is 1. The highest BCUT2D eigenvalue weighted by Gasteiger charge is 2.23. The summed E-state index contributed by atoms with van der Waals surface area (Å²) in [7, 11) is -3.48. The standard InChI is InChI=1S/C14H20N2O3S/c1-11(10-14(17)15-20(2,18)19)16-9-5-7-12-6-3-4-8-13(12)16/h3-4,6,8,11H,5,7,9-10H2,1-2H3,(H,15,17). The molecule has 0 aromatic heterocycles. The number of sulfonamides is 1. The van der Waals surface area contributed by atoms with Crippen LogP contribution in [0.4, 0.5) is 5.69 Å². The molecule has 1 aliphatic rings. The van der Waals surface area contributed by atoms with Crippen LogP contribution in [0.25, 0.3) is 0 Å². The maximum Gasteiger partial charge on any atom is 0.235 e. The Bertz CT molecular complexity index is 598. The summed E-state index contributed by atoms with van der Waals surface area (Å²) in [5, 5.41) is 0. The lowest BCUT2D eigenvalue weighted by Gasteiger charge is -2.36. The molecule has 1 amide bonds. The fraction of sp³-hybridized carbons (Fsp3) is 0.500. The van der Waals surface area contributed by atoms with Gasteiger partial charge in [-0.1, -0.05) is 18.2 Å². The summed E-state index contributed by atoms with van der Waals surface area (Å²) in [5.74, 6) is -0.456. The van der Waals surface area contributed by atoms with Gasteiger partial charge in [0.15, 0.2) is 0 Å². The molecule has 0 spiro atoms. The number of amides is 1. The second-order valence-corrected chi connectivity index (χ2v) is 7.02. The van der Waals surface area contributed by atoms with E-state index in [-0.39, 0.29) is 12.5 Å². The van der Waals surface area contributed by atoms with E-state index in [0.717, 1.165) is 31.3 Å². The SMILES string of the molecule is CC(CC(=O)NS(C)(=O)=O)N1CCCc2ccccc21. The van der Waals surface area contributed by atoms with Crippen LogP contribution in [0.3, 0.4) is 0 Å². The van der Waals surface area contributed by atoms with Crippen molar-refractivity contribution >= 4 is 21.6 Å². The van der Waals surface area contributed by atoms with Crippen molar-refractivity contribution < 1.29 is 13.2 Å². The van der Waals surface area contributed by atoms with Gasteiger partial charge in [-0.05, 0) is 31.4 Å². The van der Waals surface area contributed by atoms with Gasteiger partial charge in [-0.3, -0.25) is 9.52 Å². The number of benzene rings is 1. The summed E-state index contributed by atoms with van der Waals surface area (Å²) in [5.41, 5.74) is 2.44. The van der Waals surface area contributed by atoms with Gasteiger partial charge in [0.1, 0.15) is 0 Å². The van der Waals surface area contributed by atoms with Crippen LogP contribution in [-0.2, 0) is 21.2 Å². The van der Waals surface area contributed by atoms with E-state index in [9.17, 15) is 13.2 Å². The van der Waals surface area contributed by atoms with Crippen LogP contribution >= 0.6 is 0 Å². The van der Waals surface area contributed by atoms with Crippen molar-refractivity contribution in [3.05, 3.63) is 29.8 Å². The van der Waals surface area contributed by atoms with Crippen molar-refractivity contribution in [1.29, 1.82) is 0 Å². The molecular weight excluding hydrogens is 276 g/mol. The molecule has 1 atom stereocenters. The molecule has 1 aromatic carbocycles. The van der Waals surface area contributed by atoms with Crippen molar-refractivity contribution in [2.24, 2.45) is 0 Å². The normalized spacial score (nSPS) is 16.4. The number of hydrogen-bond donors (Lipinski definition) is 1. The molecule has 0 saturated carbocycles. The van der Waals surface area contributed by atoms with Crippen molar-refractivity contribution in [2.75, 3.05) is 17.7 Å². The van der Waals surface area contributed by atoms with Crippen molar-refractivity contribution in [3.63, 3.8) is 0 Å². The zero-order chi connectivity index (χ0) is 14.8. The Hall–Kier alpha value is -1.56. The predicted molar refractivity (Wildman–Crippen MR) is 79.2 cm³/mol. The lowest BCUT2D eigenvalue weighted by Crippen LogP contribution is -2.41. The molecule has 0 radical (unpaired) electrons. The van der Waals surface area contributed by atoms with Crippen LogP contribution in [0.5, 0.6) is 0 Å². The molecule has 1 N–H and O–H groups in total. The Balaban J connectivity index is 2.07. The first kappa shape index (κ1) is 14.8. The molecule has 0 aliphatic carbocycles. The van der Waals surface area contributed by atoms with E-state index in [1.54, 1.807) is 0 Å².